The number of carbonyl (C=O) groups is 1. The summed E-state index contributed by atoms with van der Waals surface area (Å²) in [7, 11) is 0. The maximum atomic E-state index is 13.2. The Morgan fingerprint density at radius 3 is 2.21 bits per heavy atom. The summed E-state index contributed by atoms with van der Waals surface area (Å²) >= 11 is 0. The molecule has 1 saturated heterocycles. The number of benzene rings is 1. The molecule has 0 N–H and O–H groups in total. The summed E-state index contributed by atoms with van der Waals surface area (Å²) in [4.78, 5) is 17.2. The molecule has 3 aromatic rings. The van der Waals surface area contributed by atoms with Crippen molar-refractivity contribution < 1.29 is 9.18 Å². The van der Waals surface area contributed by atoms with Crippen LogP contribution in [-0.2, 0) is 10.2 Å². The highest BCUT2D eigenvalue weighted by Crippen LogP contribution is 2.49. The number of amides is 1. The van der Waals surface area contributed by atoms with E-state index in [1.54, 1.807) is 23.0 Å². The zero-order valence-electron chi connectivity index (χ0n) is 15.9. The number of halogens is 1. The van der Waals surface area contributed by atoms with Crippen LogP contribution in [0.4, 0.5) is 10.2 Å². The SMILES string of the molecule is O=C(N1CCN(c2ccc(-n3cccn3)nn2)CC1)C1(c2ccc(F)cc2)CC1. The van der Waals surface area contributed by atoms with Crippen LogP contribution in [0.1, 0.15) is 18.4 Å². The summed E-state index contributed by atoms with van der Waals surface area (Å²) in [5, 5.41) is 12.7. The first-order chi connectivity index (χ1) is 14.2. The molecule has 0 spiro atoms. The van der Waals surface area contributed by atoms with Gasteiger partial charge in [-0.05, 0) is 48.7 Å². The van der Waals surface area contributed by atoms with E-state index in [4.69, 9.17) is 0 Å². The number of carbonyl (C=O) groups excluding carboxylic acids is 1. The Labute approximate surface area is 167 Å². The molecular formula is C21H21FN6O. The fourth-order valence-electron chi connectivity index (χ4n) is 3.97. The molecule has 7 nitrogen and oxygen atoms in total. The Morgan fingerprint density at radius 2 is 1.62 bits per heavy atom. The fraction of sp³-hybridized carbons (Fsp3) is 0.333. The summed E-state index contributed by atoms with van der Waals surface area (Å²) in [6.45, 7) is 2.71. The second kappa shape index (κ2) is 6.95. The molecule has 0 radical (unpaired) electrons. The van der Waals surface area contributed by atoms with E-state index in [0.29, 0.717) is 32.0 Å². The Hall–Kier alpha value is -3.29. The highest BCUT2D eigenvalue weighted by atomic mass is 19.1. The molecule has 0 bridgehead atoms. The van der Waals surface area contributed by atoms with Crippen molar-refractivity contribution >= 4 is 11.7 Å². The zero-order valence-corrected chi connectivity index (χ0v) is 15.9. The lowest BCUT2D eigenvalue weighted by Crippen LogP contribution is -2.51. The Morgan fingerprint density at radius 1 is 0.931 bits per heavy atom. The van der Waals surface area contributed by atoms with E-state index in [1.165, 1.54) is 12.1 Å². The van der Waals surface area contributed by atoms with Gasteiger partial charge >= 0.3 is 0 Å². The highest BCUT2D eigenvalue weighted by molar-refractivity contribution is 5.91. The van der Waals surface area contributed by atoms with Crippen LogP contribution in [0.25, 0.3) is 5.82 Å². The van der Waals surface area contributed by atoms with Crippen LogP contribution < -0.4 is 4.90 Å². The average Bonchev–Trinajstić information content (AvgIpc) is 3.39. The first-order valence-electron chi connectivity index (χ1n) is 9.80. The van der Waals surface area contributed by atoms with E-state index < -0.39 is 5.41 Å². The van der Waals surface area contributed by atoms with Gasteiger partial charge in [0, 0.05) is 38.6 Å². The summed E-state index contributed by atoms with van der Waals surface area (Å²) in [6, 6.07) is 12.0. The van der Waals surface area contributed by atoms with Crippen molar-refractivity contribution in [3.05, 3.63) is 66.2 Å². The molecule has 1 amide bonds. The number of nitrogens with zero attached hydrogens (tertiary/aromatic N) is 6. The van der Waals surface area contributed by atoms with Gasteiger partial charge < -0.3 is 9.80 Å². The molecule has 1 saturated carbocycles. The summed E-state index contributed by atoms with van der Waals surface area (Å²) < 4.78 is 14.9. The second-order valence-corrected chi connectivity index (χ2v) is 7.57. The largest absolute Gasteiger partial charge is 0.352 e. The van der Waals surface area contributed by atoms with E-state index in [-0.39, 0.29) is 11.7 Å². The molecule has 148 valence electrons. The van der Waals surface area contributed by atoms with Crippen molar-refractivity contribution in [3.63, 3.8) is 0 Å². The summed E-state index contributed by atoms with van der Waals surface area (Å²) in [5.74, 6) is 1.35. The van der Waals surface area contributed by atoms with Gasteiger partial charge in [0.15, 0.2) is 11.6 Å². The average molecular weight is 392 g/mol. The van der Waals surface area contributed by atoms with Gasteiger partial charge in [-0.3, -0.25) is 4.79 Å². The predicted molar refractivity (Wildman–Crippen MR) is 105 cm³/mol. The van der Waals surface area contributed by atoms with Crippen LogP contribution in [0.15, 0.2) is 54.9 Å². The maximum Gasteiger partial charge on any atom is 0.233 e. The van der Waals surface area contributed by atoms with Crippen molar-refractivity contribution in [3.8, 4) is 5.82 Å². The molecule has 0 unspecified atom stereocenters. The minimum Gasteiger partial charge on any atom is -0.352 e. The van der Waals surface area contributed by atoms with Crippen LogP contribution in [-0.4, -0.2) is 57.0 Å². The zero-order chi connectivity index (χ0) is 19.8. The number of aromatic nitrogens is 4. The lowest BCUT2D eigenvalue weighted by Gasteiger charge is -2.37. The molecule has 3 heterocycles. The smallest absolute Gasteiger partial charge is 0.233 e. The van der Waals surface area contributed by atoms with Gasteiger partial charge in [0.25, 0.3) is 0 Å². The van der Waals surface area contributed by atoms with Crippen molar-refractivity contribution in [2.75, 3.05) is 31.1 Å². The van der Waals surface area contributed by atoms with E-state index in [2.05, 4.69) is 20.2 Å². The monoisotopic (exact) mass is 392 g/mol. The molecule has 8 heteroatoms. The molecule has 2 fully saturated rings. The summed E-state index contributed by atoms with van der Waals surface area (Å²) in [6.07, 6.45) is 5.18. The minimum absolute atomic E-state index is 0.156. The number of hydrogen-bond donors (Lipinski definition) is 0. The van der Waals surface area contributed by atoms with Gasteiger partial charge in [-0.25, -0.2) is 9.07 Å². The molecule has 29 heavy (non-hydrogen) atoms. The van der Waals surface area contributed by atoms with Gasteiger partial charge in [-0.2, -0.15) is 5.10 Å². The lowest BCUT2D eigenvalue weighted by molar-refractivity contribution is -0.134. The van der Waals surface area contributed by atoms with Crippen molar-refractivity contribution in [2.24, 2.45) is 0 Å². The van der Waals surface area contributed by atoms with E-state index >= 15 is 0 Å². The Balaban J connectivity index is 1.23. The van der Waals surface area contributed by atoms with Gasteiger partial charge in [-0.15, -0.1) is 10.2 Å². The second-order valence-electron chi connectivity index (χ2n) is 7.57. The lowest BCUT2D eigenvalue weighted by atomic mass is 9.94. The van der Waals surface area contributed by atoms with Gasteiger partial charge in [0.2, 0.25) is 5.91 Å². The van der Waals surface area contributed by atoms with E-state index in [9.17, 15) is 9.18 Å². The molecule has 1 aromatic carbocycles. The van der Waals surface area contributed by atoms with Gasteiger partial charge in [0.05, 0.1) is 5.41 Å². The molecule has 2 aliphatic rings. The Bertz CT molecular complexity index is 991. The van der Waals surface area contributed by atoms with Crippen LogP contribution in [0.2, 0.25) is 0 Å². The topological polar surface area (TPSA) is 67.2 Å². The molecule has 5 rings (SSSR count). The fourth-order valence-corrected chi connectivity index (χ4v) is 3.97. The number of piperazine rings is 1. The quantitative estimate of drug-likeness (QED) is 0.681. The van der Waals surface area contributed by atoms with E-state index in [0.717, 1.165) is 24.2 Å². The third kappa shape index (κ3) is 3.24. The number of hydrogen-bond acceptors (Lipinski definition) is 5. The van der Waals surface area contributed by atoms with Crippen LogP contribution in [0.5, 0.6) is 0 Å². The third-order valence-corrected chi connectivity index (χ3v) is 5.82. The van der Waals surface area contributed by atoms with Crippen LogP contribution >= 0.6 is 0 Å². The first kappa shape index (κ1) is 17.8. The number of rotatable bonds is 4. The minimum atomic E-state index is -0.457. The molecule has 1 aliphatic carbocycles. The third-order valence-electron chi connectivity index (χ3n) is 5.82. The maximum absolute atomic E-state index is 13.2. The first-order valence-corrected chi connectivity index (χ1v) is 9.80. The van der Waals surface area contributed by atoms with Crippen molar-refractivity contribution in [2.45, 2.75) is 18.3 Å². The van der Waals surface area contributed by atoms with Crippen LogP contribution in [0, 0.1) is 5.82 Å². The Kier molecular flexibility index (Phi) is 4.26. The molecular weight excluding hydrogens is 371 g/mol. The van der Waals surface area contributed by atoms with Crippen molar-refractivity contribution in [1.82, 2.24) is 24.9 Å². The molecule has 0 atom stereocenters. The molecule has 1 aliphatic heterocycles. The van der Waals surface area contributed by atoms with E-state index in [1.807, 2.05) is 29.3 Å². The van der Waals surface area contributed by atoms with Gasteiger partial charge in [-0.1, -0.05) is 12.1 Å². The predicted octanol–water partition coefficient (Wildman–Crippen LogP) is 2.18. The van der Waals surface area contributed by atoms with Gasteiger partial charge in [0.1, 0.15) is 5.82 Å². The van der Waals surface area contributed by atoms with Crippen molar-refractivity contribution in [1.29, 1.82) is 0 Å². The standard InChI is InChI=1S/C21H21FN6O/c22-17-4-2-16(3-5-17)21(8-9-21)20(29)27-14-12-26(13-15-27)18-6-7-19(25-24-18)28-11-1-10-23-28/h1-7,10-11H,8-9,12-15H2. The normalized spacial score (nSPS) is 18.0. The van der Waals surface area contributed by atoms with Crippen LogP contribution in [0.3, 0.4) is 0 Å². The summed E-state index contributed by atoms with van der Waals surface area (Å²) in [5.41, 5.74) is 0.465. The number of anilines is 1. The molecule has 2 aromatic heterocycles. The highest BCUT2D eigenvalue weighted by Gasteiger charge is 2.53.